The molecule has 0 saturated carbocycles. The standard InChI is InChI=1S/C21H20F3N3O3/c1-14-5-4-6-15(11-14)9-10-26(13-19(29)30)18(28)12-27-17-8-3-2-7-16(17)25-20(27)21(22,23)24/h2-8,11H,9-10,12-13H2,1H3,(H,29,30). The summed E-state index contributed by atoms with van der Waals surface area (Å²) in [6, 6.07) is 13.5. The summed E-state index contributed by atoms with van der Waals surface area (Å²) in [7, 11) is 0. The van der Waals surface area contributed by atoms with E-state index in [1.807, 2.05) is 31.2 Å². The van der Waals surface area contributed by atoms with Crippen LogP contribution in [0.1, 0.15) is 17.0 Å². The topological polar surface area (TPSA) is 75.4 Å². The largest absolute Gasteiger partial charge is 0.480 e. The summed E-state index contributed by atoms with van der Waals surface area (Å²) in [6.45, 7) is 0.726. The van der Waals surface area contributed by atoms with E-state index >= 15 is 0 Å². The van der Waals surface area contributed by atoms with Crippen molar-refractivity contribution in [2.75, 3.05) is 13.1 Å². The van der Waals surface area contributed by atoms with Crippen molar-refractivity contribution < 1.29 is 27.9 Å². The van der Waals surface area contributed by atoms with E-state index in [-0.39, 0.29) is 17.6 Å². The molecule has 1 aromatic heterocycles. The average molecular weight is 419 g/mol. The molecule has 0 aliphatic heterocycles. The molecule has 1 N–H and O–H groups in total. The fourth-order valence-corrected chi connectivity index (χ4v) is 3.27. The first-order valence-electron chi connectivity index (χ1n) is 9.22. The highest BCUT2D eigenvalue weighted by atomic mass is 19.4. The maximum absolute atomic E-state index is 13.5. The lowest BCUT2D eigenvalue weighted by atomic mass is 10.1. The van der Waals surface area contributed by atoms with Gasteiger partial charge in [0.25, 0.3) is 0 Å². The Labute approximate surface area is 170 Å². The van der Waals surface area contributed by atoms with E-state index in [1.165, 1.54) is 12.1 Å². The molecule has 0 aliphatic carbocycles. The van der Waals surface area contributed by atoms with Crippen LogP contribution in [0.15, 0.2) is 48.5 Å². The second kappa shape index (κ2) is 8.56. The van der Waals surface area contributed by atoms with Gasteiger partial charge in [0.2, 0.25) is 11.7 Å². The zero-order valence-corrected chi connectivity index (χ0v) is 16.2. The van der Waals surface area contributed by atoms with Gasteiger partial charge in [0.1, 0.15) is 13.1 Å². The van der Waals surface area contributed by atoms with E-state index in [4.69, 9.17) is 5.11 Å². The van der Waals surface area contributed by atoms with Crippen LogP contribution in [0.4, 0.5) is 13.2 Å². The molecule has 2 aromatic carbocycles. The summed E-state index contributed by atoms with van der Waals surface area (Å²) in [4.78, 5) is 28.7. The van der Waals surface area contributed by atoms with Crippen LogP contribution in [-0.2, 0) is 28.7 Å². The lowest BCUT2D eigenvalue weighted by molar-refractivity contribution is -0.149. The molecule has 3 aromatic rings. The third-order valence-electron chi connectivity index (χ3n) is 4.63. The predicted molar refractivity (Wildman–Crippen MR) is 104 cm³/mol. The van der Waals surface area contributed by atoms with Gasteiger partial charge in [-0.1, -0.05) is 42.0 Å². The molecule has 158 valence electrons. The van der Waals surface area contributed by atoms with Crippen molar-refractivity contribution >= 4 is 22.9 Å². The number of aliphatic carboxylic acids is 1. The molecule has 3 rings (SSSR count). The van der Waals surface area contributed by atoms with E-state index < -0.39 is 37.0 Å². The van der Waals surface area contributed by atoms with E-state index in [0.29, 0.717) is 6.42 Å². The highest BCUT2D eigenvalue weighted by molar-refractivity contribution is 5.84. The van der Waals surface area contributed by atoms with Gasteiger partial charge in [-0.3, -0.25) is 9.59 Å². The van der Waals surface area contributed by atoms with Gasteiger partial charge in [-0.25, -0.2) is 4.98 Å². The quantitative estimate of drug-likeness (QED) is 0.636. The molecule has 1 heterocycles. The smallest absolute Gasteiger partial charge is 0.449 e. The number of hydrogen-bond acceptors (Lipinski definition) is 3. The Morgan fingerprint density at radius 1 is 1.13 bits per heavy atom. The Bertz CT molecular complexity index is 1080. The molecule has 1 amide bonds. The van der Waals surface area contributed by atoms with E-state index in [1.54, 1.807) is 12.1 Å². The van der Waals surface area contributed by atoms with Crippen LogP contribution in [0.2, 0.25) is 0 Å². The Morgan fingerprint density at radius 3 is 2.53 bits per heavy atom. The third-order valence-corrected chi connectivity index (χ3v) is 4.63. The number of carboxylic acid groups (broad SMARTS) is 1. The number of benzene rings is 2. The fourth-order valence-electron chi connectivity index (χ4n) is 3.27. The van der Waals surface area contributed by atoms with Crippen LogP contribution in [0.25, 0.3) is 11.0 Å². The van der Waals surface area contributed by atoms with Gasteiger partial charge in [-0.05, 0) is 31.0 Å². The average Bonchev–Trinajstić information content (AvgIpc) is 3.04. The molecular formula is C21H20F3N3O3. The van der Waals surface area contributed by atoms with Gasteiger partial charge in [0, 0.05) is 6.54 Å². The van der Waals surface area contributed by atoms with Gasteiger partial charge >= 0.3 is 12.1 Å². The molecule has 0 bridgehead atoms. The maximum Gasteiger partial charge on any atom is 0.449 e. The highest BCUT2D eigenvalue weighted by Gasteiger charge is 2.38. The minimum absolute atomic E-state index is 0.0720. The number of carbonyl (C=O) groups excluding carboxylic acids is 1. The van der Waals surface area contributed by atoms with E-state index in [0.717, 1.165) is 20.6 Å². The van der Waals surface area contributed by atoms with Crippen molar-refractivity contribution in [2.24, 2.45) is 0 Å². The number of nitrogens with zero attached hydrogens (tertiary/aromatic N) is 3. The van der Waals surface area contributed by atoms with Crippen LogP contribution >= 0.6 is 0 Å². The summed E-state index contributed by atoms with van der Waals surface area (Å²) >= 11 is 0. The molecule has 30 heavy (non-hydrogen) atoms. The molecule has 9 heteroatoms. The number of hydrogen-bond donors (Lipinski definition) is 1. The number of carboxylic acids is 1. The van der Waals surface area contributed by atoms with Gasteiger partial charge in [-0.15, -0.1) is 0 Å². The summed E-state index contributed by atoms with van der Waals surface area (Å²) < 4.78 is 41.2. The van der Waals surface area contributed by atoms with Crippen LogP contribution < -0.4 is 0 Å². The number of alkyl halides is 3. The SMILES string of the molecule is Cc1cccc(CCN(CC(=O)O)C(=O)Cn2c(C(F)(F)F)nc3ccccc32)c1. The molecule has 0 radical (unpaired) electrons. The number of rotatable bonds is 7. The van der Waals surface area contributed by atoms with E-state index in [9.17, 15) is 22.8 Å². The van der Waals surface area contributed by atoms with Crippen molar-refractivity contribution in [3.8, 4) is 0 Å². The number of imidazole rings is 1. The first-order valence-corrected chi connectivity index (χ1v) is 9.22. The number of aromatic nitrogens is 2. The number of para-hydroxylation sites is 2. The van der Waals surface area contributed by atoms with Crippen LogP contribution in [0, 0.1) is 6.92 Å². The molecule has 6 nitrogen and oxygen atoms in total. The number of amides is 1. The van der Waals surface area contributed by atoms with E-state index in [2.05, 4.69) is 4.98 Å². The van der Waals surface area contributed by atoms with Gasteiger partial charge in [-0.2, -0.15) is 13.2 Å². The summed E-state index contributed by atoms with van der Waals surface area (Å²) in [5.74, 6) is -3.15. The zero-order chi connectivity index (χ0) is 21.9. The van der Waals surface area contributed by atoms with Crippen LogP contribution in [0.3, 0.4) is 0 Å². The number of fused-ring (bicyclic) bond motifs is 1. The molecule has 0 saturated heterocycles. The van der Waals surface area contributed by atoms with Crippen molar-refractivity contribution in [2.45, 2.75) is 26.1 Å². The predicted octanol–water partition coefficient (Wildman–Crippen LogP) is 3.52. The summed E-state index contributed by atoms with van der Waals surface area (Å²) in [5, 5.41) is 9.16. The second-order valence-corrected chi connectivity index (χ2v) is 6.96. The lowest BCUT2D eigenvalue weighted by Crippen LogP contribution is -2.39. The maximum atomic E-state index is 13.5. The van der Waals surface area contributed by atoms with Crippen molar-refractivity contribution in [3.05, 3.63) is 65.5 Å². The third kappa shape index (κ3) is 4.97. The first kappa shape index (κ1) is 21.4. The fraction of sp³-hybridized carbons (Fsp3) is 0.286. The van der Waals surface area contributed by atoms with Gasteiger partial charge in [0.15, 0.2) is 0 Å². The second-order valence-electron chi connectivity index (χ2n) is 6.96. The molecule has 0 atom stereocenters. The Hall–Kier alpha value is -3.36. The number of carbonyl (C=O) groups is 2. The monoisotopic (exact) mass is 419 g/mol. The molecule has 0 spiro atoms. The molecule has 0 unspecified atom stereocenters. The van der Waals surface area contributed by atoms with Crippen LogP contribution in [0.5, 0.6) is 0 Å². The lowest BCUT2D eigenvalue weighted by Gasteiger charge is -2.22. The summed E-state index contributed by atoms with van der Waals surface area (Å²) in [5.41, 5.74) is 2.19. The van der Waals surface area contributed by atoms with Gasteiger partial charge in [0.05, 0.1) is 11.0 Å². The van der Waals surface area contributed by atoms with Crippen molar-refractivity contribution in [1.82, 2.24) is 14.5 Å². The Morgan fingerprint density at radius 2 is 1.87 bits per heavy atom. The van der Waals surface area contributed by atoms with Gasteiger partial charge < -0.3 is 14.6 Å². The highest BCUT2D eigenvalue weighted by Crippen LogP contribution is 2.31. The molecule has 0 aliphatic rings. The number of halogens is 3. The normalized spacial score (nSPS) is 11.6. The Kier molecular flexibility index (Phi) is 6.09. The Balaban J connectivity index is 1.86. The van der Waals surface area contributed by atoms with Crippen molar-refractivity contribution in [3.63, 3.8) is 0 Å². The molecular weight excluding hydrogens is 399 g/mol. The molecule has 0 fully saturated rings. The van der Waals surface area contributed by atoms with Crippen LogP contribution in [-0.4, -0.2) is 44.5 Å². The minimum Gasteiger partial charge on any atom is -0.480 e. The first-order chi connectivity index (χ1) is 14.1. The minimum atomic E-state index is -4.75. The van der Waals surface area contributed by atoms with Crippen molar-refractivity contribution in [1.29, 1.82) is 0 Å². The zero-order valence-electron chi connectivity index (χ0n) is 16.2. The summed E-state index contributed by atoms with van der Waals surface area (Å²) in [6.07, 6.45) is -4.37. The number of aryl methyl sites for hydroxylation is 1.